The van der Waals surface area contributed by atoms with Crippen LogP contribution in [0, 0.1) is 0 Å². The Kier molecular flexibility index (Phi) is 6.40. The summed E-state index contributed by atoms with van der Waals surface area (Å²) in [4.78, 5) is 31.2. The van der Waals surface area contributed by atoms with E-state index in [2.05, 4.69) is 15.8 Å². The number of carbonyl (C=O) groups is 2. The maximum absolute atomic E-state index is 14.9. The topological polar surface area (TPSA) is 86.8 Å². The number of aromatic nitrogens is 1. The van der Waals surface area contributed by atoms with E-state index in [0.717, 1.165) is 6.08 Å². The summed E-state index contributed by atoms with van der Waals surface area (Å²) in [6.45, 7) is 0.0593. The van der Waals surface area contributed by atoms with Crippen LogP contribution in [-0.4, -0.2) is 49.1 Å². The van der Waals surface area contributed by atoms with Gasteiger partial charge in [0.05, 0.1) is 6.54 Å². The molecule has 1 aromatic heterocycles. The van der Waals surface area contributed by atoms with Crippen LogP contribution >= 0.6 is 0 Å². The Labute approximate surface area is 167 Å². The van der Waals surface area contributed by atoms with Crippen LogP contribution in [0.1, 0.15) is 11.6 Å². The molecule has 0 bridgehead atoms. The van der Waals surface area contributed by atoms with Crippen molar-refractivity contribution in [3.63, 3.8) is 0 Å². The van der Waals surface area contributed by atoms with Crippen molar-refractivity contribution in [1.82, 2.24) is 15.3 Å². The summed E-state index contributed by atoms with van der Waals surface area (Å²) in [5, 5.41) is 0. The molecular formula is C20H22FN5O3. The van der Waals surface area contributed by atoms with Crippen LogP contribution in [0.3, 0.4) is 0 Å². The van der Waals surface area contributed by atoms with Crippen molar-refractivity contribution in [2.45, 2.75) is 6.04 Å². The second-order valence-corrected chi connectivity index (χ2v) is 6.51. The molecular weight excluding hydrogens is 377 g/mol. The minimum atomic E-state index is -0.813. The monoisotopic (exact) mass is 399 g/mol. The number of hydrogen-bond donors (Lipinski definition) is 2. The van der Waals surface area contributed by atoms with Crippen molar-refractivity contribution in [2.24, 2.45) is 0 Å². The number of halogens is 1. The molecule has 1 aliphatic heterocycles. The number of para-hydroxylation sites is 1. The lowest BCUT2D eigenvalue weighted by Gasteiger charge is -2.22. The fourth-order valence-electron chi connectivity index (χ4n) is 2.80. The third-order valence-electron chi connectivity index (χ3n) is 4.26. The zero-order valence-electron chi connectivity index (χ0n) is 16.1. The van der Waals surface area contributed by atoms with E-state index in [4.69, 9.17) is 4.74 Å². The van der Waals surface area contributed by atoms with Crippen LogP contribution in [-0.2, 0) is 9.53 Å². The van der Waals surface area contributed by atoms with Gasteiger partial charge in [-0.15, -0.1) is 0 Å². The van der Waals surface area contributed by atoms with Crippen LogP contribution in [0.25, 0.3) is 0 Å². The fourth-order valence-corrected chi connectivity index (χ4v) is 2.80. The Balaban J connectivity index is 1.76. The van der Waals surface area contributed by atoms with Crippen LogP contribution in [0.4, 0.5) is 20.7 Å². The molecule has 1 atom stereocenters. The van der Waals surface area contributed by atoms with Crippen molar-refractivity contribution in [1.29, 1.82) is 0 Å². The van der Waals surface area contributed by atoms with E-state index in [-0.39, 0.29) is 13.2 Å². The maximum Gasteiger partial charge on any atom is 0.409 e. The Morgan fingerprint density at radius 3 is 2.69 bits per heavy atom. The first-order valence-corrected chi connectivity index (χ1v) is 9.01. The third kappa shape index (κ3) is 4.88. The normalized spacial score (nSPS) is 15.3. The van der Waals surface area contributed by atoms with Gasteiger partial charge in [-0.3, -0.25) is 4.79 Å². The number of fused-ring (bicyclic) bond motifs is 1. The van der Waals surface area contributed by atoms with Gasteiger partial charge in [-0.05, 0) is 18.2 Å². The predicted octanol–water partition coefficient (Wildman–Crippen LogP) is 2.64. The molecule has 2 amide bonds. The lowest BCUT2D eigenvalue weighted by atomic mass is 10.1. The minimum absolute atomic E-state index is 0.0247. The van der Waals surface area contributed by atoms with E-state index in [0.29, 0.717) is 17.1 Å². The first kappa shape index (κ1) is 20.3. The maximum atomic E-state index is 14.9. The molecule has 29 heavy (non-hydrogen) atoms. The summed E-state index contributed by atoms with van der Waals surface area (Å²) < 4.78 is 20.0. The number of pyridine rings is 1. The van der Waals surface area contributed by atoms with Crippen molar-refractivity contribution in [3.8, 4) is 0 Å². The molecule has 0 spiro atoms. The number of anilines is 2. The van der Waals surface area contributed by atoms with E-state index in [1.807, 2.05) is 6.07 Å². The van der Waals surface area contributed by atoms with Crippen LogP contribution in [0.5, 0.6) is 0 Å². The minimum Gasteiger partial charge on any atom is -0.448 e. The highest BCUT2D eigenvalue weighted by Gasteiger charge is 2.27. The van der Waals surface area contributed by atoms with E-state index in [9.17, 15) is 14.0 Å². The Hall–Kier alpha value is -3.46. The van der Waals surface area contributed by atoms with Gasteiger partial charge in [0.1, 0.15) is 24.3 Å². The quantitative estimate of drug-likeness (QED) is 0.727. The lowest BCUT2D eigenvalue weighted by molar-refractivity contribution is -0.114. The molecule has 0 radical (unpaired) electrons. The van der Waals surface area contributed by atoms with Gasteiger partial charge in [-0.2, -0.15) is 0 Å². The van der Waals surface area contributed by atoms with Gasteiger partial charge in [-0.25, -0.2) is 19.6 Å². The summed E-state index contributed by atoms with van der Waals surface area (Å²) in [5.41, 5.74) is 6.75. The van der Waals surface area contributed by atoms with E-state index in [1.165, 1.54) is 9.80 Å². The van der Waals surface area contributed by atoms with E-state index in [1.54, 1.807) is 56.7 Å². The summed E-state index contributed by atoms with van der Waals surface area (Å²) in [7, 11) is 3.13. The molecule has 2 N–H and O–H groups in total. The standard InChI is InChI=1S/C20H22FN5O3/c1-25(2)20(28)29-12-11-26(14-7-4-3-5-8-14)17(27)13-16(21)18-15-9-6-10-22-19(15)24-23-18/h3-10,13,18,23H,11-12H2,1-2H3,(H,22,24)/b16-13-. The second kappa shape index (κ2) is 9.16. The van der Waals surface area contributed by atoms with Crippen LogP contribution in [0.2, 0.25) is 0 Å². The first-order chi connectivity index (χ1) is 14.0. The molecule has 1 aliphatic rings. The molecule has 2 aromatic rings. The number of hydrogen-bond acceptors (Lipinski definition) is 6. The summed E-state index contributed by atoms with van der Waals surface area (Å²) in [5.74, 6) is -0.696. The average Bonchev–Trinajstić information content (AvgIpc) is 3.15. The van der Waals surface area contributed by atoms with Gasteiger partial charge in [0.2, 0.25) is 0 Å². The van der Waals surface area contributed by atoms with Gasteiger partial charge in [0, 0.05) is 37.6 Å². The zero-order valence-corrected chi connectivity index (χ0v) is 16.1. The average molecular weight is 399 g/mol. The highest BCUT2D eigenvalue weighted by molar-refractivity contribution is 6.01. The van der Waals surface area contributed by atoms with Gasteiger partial charge in [0.25, 0.3) is 5.91 Å². The number of nitrogens with one attached hydrogen (secondary N) is 2. The molecule has 3 rings (SSSR count). The Morgan fingerprint density at radius 2 is 1.97 bits per heavy atom. The largest absolute Gasteiger partial charge is 0.448 e. The molecule has 9 heteroatoms. The van der Waals surface area contributed by atoms with Crippen molar-refractivity contribution < 1.29 is 18.7 Å². The summed E-state index contributed by atoms with van der Waals surface area (Å²) in [6, 6.07) is 11.4. The number of hydrazine groups is 1. The third-order valence-corrected chi connectivity index (χ3v) is 4.26. The van der Waals surface area contributed by atoms with Crippen molar-refractivity contribution in [3.05, 3.63) is 66.1 Å². The number of benzene rings is 1. The van der Waals surface area contributed by atoms with Crippen molar-refractivity contribution in [2.75, 3.05) is 37.6 Å². The van der Waals surface area contributed by atoms with Gasteiger partial charge < -0.3 is 20.0 Å². The van der Waals surface area contributed by atoms with Gasteiger partial charge >= 0.3 is 6.09 Å². The molecule has 1 aromatic carbocycles. The second-order valence-electron chi connectivity index (χ2n) is 6.51. The smallest absolute Gasteiger partial charge is 0.409 e. The molecule has 1 unspecified atom stereocenters. The lowest BCUT2D eigenvalue weighted by Crippen LogP contribution is -2.35. The van der Waals surface area contributed by atoms with Crippen LogP contribution < -0.4 is 15.8 Å². The number of rotatable bonds is 6. The Morgan fingerprint density at radius 1 is 1.21 bits per heavy atom. The van der Waals surface area contributed by atoms with E-state index < -0.39 is 23.9 Å². The number of ether oxygens (including phenoxy) is 1. The van der Waals surface area contributed by atoms with Crippen LogP contribution in [0.15, 0.2) is 60.6 Å². The highest BCUT2D eigenvalue weighted by atomic mass is 19.1. The molecule has 0 saturated heterocycles. The van der Waals surface area contributed by atoms with Gasteiger partial charge in [0.15, 0.2) is 0 Å². The fraction of sp³-hybridized carbons (Fsp3) is 0.250. The number of amides is 2. The zero-order chi connectivity index (χ0) is 20.8. The number of carbonyl (C=O) groups excluding carboxylic acids is 2. The van der Waals surface area contributed by atoms with E-state index >= 15 is 0 Å². The molecule has 8 nitrogen and oxygen atoms in total. The SMILES string of the molecule is CN(C)C(=O)OCCN(C(=O)/C=C(\F)C1NNc2ncccc21)c1ccccc1. The van der Waals surface area contributed by atoms with Gasteiger partial charge in [-0.1, -0.05) is 24.3 Å². The molecule has 152 valence electrons. The number of nitrogens with zero attached hydrogens (tertiary/aromatic N) is 3. The molecule has 0 saturated carbocycles. The molecule has 2 heterocycles. The highest BCUT2D eigenvalue weighted by Crippen LogP contribution is 2.32. The predicted molar refractivity (Wildman–Crippen MR) is 107 cm³/mol. The van der Waals surface area contributed by atoms with Crippen molar-refractivity contribution >= 4 is 23.5 Å². The molecule has 0 aliphatic carbocycles. The molecule has 0 fully saturated rings. The summed E-state index contributed by atoms with van der Waals surface area (Å²) in [6.07, 6.45) is 2.01. The summed E-state index contributed by atoms with van der Waals surface area (Å²) >= 11 is 0. The first-order valence-electron chi connectivity index (χ1n) is 9.01. The Bertz CT molecular complexity index is 904.